The molecule has 0 saturated heterocycles. The minimum Gasteiger partial charge on any atom is -0.493 e. The van der Waals surface area contributed by atoms with E-state index < -0.39 is 11.9 Å². The lowest BCUT2D eigenvalue weighted by molar-refractivity contribution is -0.112. The molecule has 162 valence electrons. The average Bonchev–Trinajstić information content (AvgIpc) is 2.79. The molecule has 2 aromatic rings. The van der Waals surface area contributed by atoms with Crippen LogP contribution in [0.4, 0.5) is 5.69 Å². The molecular weight excluding hydrogens is 398 g/mol. The summed E-state index contributed by atoms with van der Waals surface area (Å²) in [5, 5.41) is 15.0. The fourth-order valence-electron chi connectivity index (χ4n) is 2.68. The van der Waals surface area contributed by atoms with Gasteiger partial charge in [0.15, 0.2) is 11.5 Å². The Morgan fingerprint density at radius 2 is 1.77 bits per heavy atom. The number of hydrogen-bond donors (Lipinski definition) is 2. The minimum absolute atomic E-state index is 0.0956. The summed E-state index contributed by atoms with van der Waals surface area (Å²) in [7, 11) is 3.11. The zero-order valence-corrected chi connectivity index (χ0v) is 17.9. The number of esters is 1. The van der Waals surface area contributed by atoms with Gasteiger partial charge in [-0.15, -0.1) is 0 Å². The second-order valence-corrected chi connectivity index (χ2v) is 6.42. The predicted molar refractivity (Wildman–Crippen MR) is 116 cm³/mol. The van der Waals surface area contributed by atoms with E-state index in [1.54, 1.807) is 51.5 Å². The van der Waals surface area contributed by atoms with Crippen LogP contribution in [-0.2, 0) is 9.53 Å². The van der Waals surface area contributed by atoms with Gasteiger partial charge in [-0.2, -0.15) is 5.26 Å². The third-order valence-electron chi connectivity index (χ3n) is 4.40. The van der Waals surface area contributed by atoms with E-state index in [0.717, 1.165) is 5.56 Å². The van der Waals surface area contributed by atoms with Crippen molar-refractivity contribution in [2.24, 2.45) is 0 Å². The summed E-state index contributed by atoms with van der Waals surface area (Å²) >= 11 is 0. The van der Waals surface area contributed by atoms with E-state index in [4.69, 9.17) is 14.2 Å². The smallest absolute Gasteiger partial charge is 0.338 e. The van der Waals surface area contributed by atoms with Crippen LogP contribution >= 0.6 is 0 Å². The van der Waals surface area contributed by atoms with Crippen LogP contribution < -0.4 is 20.1 Å². The van der Waals surface area contributed by atoms with E-state index in [9.17, 15) is 14.9 Å². The lowest BCUT2D eigenvalue weighted by Crippen LogP contribution is -2.18. The fraction of sp³-hybridized carbons (Fsp3) is 0.261. The number of hydrogen-bond acceptors (Lipinski definition) is 7. The molecule has 0 saturated carbocycles. The lowest BCUT2D eigenvalue weighted by Gasteiger charge is -2.15. The first-order valence-corrected chi connectivity index (χ1v) is 9.60. The molecule has 1 amide bonds. The number of nitriles is 1. The van der Waals surface area contributed by atoms with Crippen molar-refractivity contribution in [3.8, 4) is 17.6 Å². The molecule has 31 heavy (non-hydrogen) atoms. The zero-order valence-electron chi connectivity index (χ0n) is 17.9. The first-order valence-electron chi connectivity index (χ1n) is 9.60. The molecule has 2 N–H and O–H groups in total. The van der Waals surface area contributed by atoms with Crippen molar-refractivity contribution in [3.63, 3.8) is 0 Å². The normalized spacial score (nSPS) is 11.6. The molecule has 0 radical (unpaired) electrons. The van der Waals surface area contributed by atoms with Gasteiger partial charge >= 0.3 is 5.97 Å². The van der Waals surface area contributed by atoms with Gasteiger partial charge in [0, 0.05) is 17.9 Å². The van der Waals surface area contributed by atoms with Gasteiger partial charge in [-0.3, -0.25) is 4.79 Å². The van der Waals surface area contributed by atoms with E-state index >= 15 is 0 Å². The number of nitrogens with zero attached hydrogens (tertiary/aromatic N) is 1. The number of nitrogens with one attached hydrogen (secondary N) is 2. The summed E-state index contributed by atoms with van der Waals surface area (Å²) in [5.41, 5.74) is 1.62. The third kappa shape index (κ3) is 6.24. The SMILES string of the molecule is CCOC(=O)c1ccc(NC(=O)/C(C#N)=C\NC(C)c2ccc(OC)c(OC)c2)cc1. The van der Waals surface area contributed by atoms with Crippen molar-refractivity contribution in [2.45, 2.75) is 19.9 Å². The average molecular weight is 423 g/mol. The van der Waals surface area contributed by atoms with Crippen LogP contribution in [-0.4, -0.2) is 32.7 Å². The third-order valence-corrected chi connectivity index (χ3v) is 4.40. The van der Waals surface area contributed by atoms with Gasteiger partial charge in [-0.25, -0.2) is 4.79 Å². The Balaban J connectivity index is 2.05. The highest BCUT2D eigenvalue weighted by atomic mass is 16.5. The van der Waals surface area contributed by atoms with Gasteiger partial charge in [-0.05, 0) is 55.8 Å². The van der Waals surface area contributed by atoms with E-state index in [1.807, 2.05) is 25.1 Å². The molecule has 2 rings (SSSR count). The Bertz CT molecular complexity index is 993. The largest absolute Gasteiger partial charge is 0.493 e. The quantitative estimate of drug-likeness (QED) is 0.360. The van der Waals surface area contributed by atoms with Crippen molar-refractivity contribution in [3.05, 3.63) is 65.4 Å². The number of benzene rings is 2. The van der Waals surface area contributed by atoms with Gasteiger partial charge in [0.25, 0.3) is 5.91 Å². The van der Waals surface area contributed by atoms with Crippen molar-refractivity contribution in [1.29, 1.82) is 5.26 Å². The fourth-order valence-corrected chi connectivity index (χ4v) is 2.68. The summed E-state index contributed by atoms with van der Waals surface area (Å²) in [6.45, 7) is 3.89. The maximum absolute atomic E-state index is 12.4. The van der Waals surface area contributed by atoms with Crippen LogP contribution in [0.3, 0.4) is 0 Å². The van der Waals surface area contributed by atoms with Crippen molar-refractivity contribution < 1.29 is 23.8 Å². The van der Waals surface area contributed by atoms with Gasteiger partial charge in [0.1, 0.15) is 11.6 Å². The molecule has 0 fully saturated rings. The Morgan fingerprint density at radius 1 is 1.10 bits per heavy atom. The first-order chi connectivity index (χ1) is 14.9. The summed E-state index contributed by atoms with van der Waals surface area (Å²) in [4.78, 5) is 24.1. The molecule has 1 atom stereocenters. The number of ether oxygens (including phenoxy) is 3. The van der Waals surface area contributed by atoms with Crippen molar-refractivity contribution >= 4 is 17.6 Å². The van der Waals surface area contributed by atoms with Gasteiger partial charge < -0.3 is 24.8 Å². The predicted octanol–water partition coefficient (Wildman–Crippen LogP) is 3.58. The van der Waals surface area contributed by atoms with E-state index in [-0.39, 0.29) is 18.2 Å². The molecule has 2 aromatic carbocycles. The summed E-state index contributed by atoms with van der Waals surface area (Å²) < 4.78 is 15.5. The number of anilines is 1. The molecule has 0 aliphatic carbocycles. The number of carbonyl (C=O) groups is 2. The monoisotopic (exact) mass is 423 g/mol. The summed E-state index contributed by atoms with van der Waals surface area (Å²) in [5.74, 6) is 0.187. The highest BCUT2D eigenvalue weighted by molar-refractivity contribution is 6.06. The van der Waals surface area contributed by atoms with Gasteiger partial charge in [0.2, 0.25) is 0 Å². The minimum atomic E-state index is -0.571. The highest BCUT2D eigenvalue weighted by Gasteiger charge is 2.13. The van der Waals surface area contributed by atoms with Crippen LogP contribution in [0.2, 0.25) is 0 Å². The molecule has 0 bridgehead atoms. The van der Waals surface area contributed by atoms with Crippen molar-refractivity contribution in [1.82, 2.24) is 5.32 Å². The molecule has 0 aliphatic heterocycles. The van der Waals surface area contributed by atoms with E-state index in [1.165, 1.54) is 6.20 Å². The maximum Gasteiger partial charge on any atom is 0.338 e. The highest BCUT2D eigenvalue weighted by Crippen LogP contribution is 2.29. The maximum atomic E-state index is 12.4. The summed E-state index contributed by atoms with van der Waals surface area (Å²) in [6.07, 6.45) is 1.36. The Morgan fingerprint density at radius 3 is 2.35 bits per heavy atom. The van der Waals surface area contributed by atoms with Gasteiger partial charge in [0.05, 0.1) is 26.4 Å². The van der Waals surface area contributed by atoms with Crippen LogP contribution in [0.1, 0.15) is 35.8 Å². The molecule has 1 unspecified atom stereocenters. The van der Waals surface area contributed by atoms with Crippen molar-refractivity contribution in [2.75, 3.05) is 26.1 Å². The van der Waals surface area contributed by atoms with Crippen LogP contribution in [0.15, 0.2) is 54.2 Å². The number of rotatable bonds is 9. The second kappa shape index (κ2) is 11.3. The Hall–Kier alpha value is -3.99. The molecular formula is C23H25N3O5. The first kappa shape index (κ1) is 23.3. The van der Waals surface area contributed by atoms with E-state index in [2.05, 4.69) is 10.6 Å². The molecule has 0 heterocycles. The zero-order chi connectivity index (χ0) is 22.8. The second-order valence-electron chi connectivity index (χ2n) is 6.42. The van der Waals surface area contributed by atoms with Crippen LogP contribution in [0, 0.1) is 11.3 Å². The molecule has 0 aromatic heterocycles. The van der Waals surface area contributed by atoms with E-state index in [0.29, 0.717) is 22.7 Å². The number of amides is 1. The molecule has 8 heteroatoms. The summed E-state index contributed by atoms with van der Waals surface area (Å²) in [6, 6.07) is 13.4. The molecule has 0 spiro atoms. The van der Waals surface area contributed by atoms with Crippen LogP contribution in [0.25, 0.3) is 0 Å². The van der Waals surface area contributed by atoms with Crippen LogP contribution in [0.5, 0.6) is 11.5 Å². The Labute approximate surface area is 181 Å². The Kier molecular flexibility index (Phi) is 8.46. The topological polar surface area (TPSA) is 110 Å². The standard InChI is InChI=1S/C23H25N3O5/c1-5-31-23(28)16-6-9-19(10-7-16)26-22(27)18(13-24)14-25-15(2)17-8-11-20(29-3)21(12-17)30-4/h6-12,14-15,25H,5H2,1-4H3,(H,26,27)/b18-14-. The number of carbonyl (C=O) groups excluding carboxylic acids is 2. The van der Waals surface area contributed by atoms with Gasteiger partial charge in [-0.1, -0.05) is 6.07 Å². The molecule has 0 aliphatic rings. The number of methoxy groups -OCH3 is 2. The lowest BCUT2D eigenvalue weighted by atomic mass is 10.1. The molecule has 8 nitrogen and oxygen atoms in total.